The maximum atomic E-state index is 12.6. The first-order valence-electron chi connectivity index (χ1n) is 8.86. The highest BCUT2D eigenvalue weighted by Crippen LogP contribution is 2.25. The Labute approximate surface area is 151 Å². The van der Waals surface area contributed by atoms with E-state index in [0.29, 0.717) is 19.6 Å². The van der Waals surface area contributed by atoms with Crippen molar-refractivity contribution in [2.75, 3.05) is 25.0 Å². The normalized spacial score (nSPS) is 13.8. The van der Waals surface area contributed by atoms with E-state index in [0.717, 1.165) is 37.1 Å². The Bertz CT molecular complexity index is 796. The van der Waals surface area contributed by atoms with Crippen LogP contribution in [-0.4, -0.2) is 45.6 Å². The molecule has 1 fully saturated rings. The average molecular weight is 357 g/mol. The van der Waals surface area contributed by atoms with Crippen molar-refractivity contribution in [3.05, 3.63) is 51.3 Å². The number of nitrogens with one attached hydrogen (secondary N) is 2. The molecule has 26 heavy (non-hydrogen) atoms. The molecule has 2 aromatic rings. The fraction of sp³-hybridized carbons (Fsp3) is 0.444. The molecular formula is C18H23N5O3. The third-order valence-electron chi connectivity index (χ3n) is 4.70. The van der Waals surface area contributed by atoms with Crippen LogP contribution < -0.4 is 5.32 Å². The van der Waals surface area contributed by atoms with Crippen LogP contribution in [0.3, 0.4) is 0 Å². The summed E-state index contributed by atoms with van der Waals surface area (Å²) < 4.78 is 0. The minimum atomic E-state index is -0.491. The van der Waals surface area contributed by atoms with Gasteiger partial charge in [0.15, 0.2) is 0 Å². The van der Waals surface area contributed by atoms with Crippen molar-refractivity contribution in [3.63, 3.8) is 0 Å². The summed E-state index contributed by atoms with van der Waals surface area (Å²) in [4.78, 5) is 25.1. The van der Waals surface area contributed by atoms with E-state index in [1.54, 1.807) is 17.0 Å². The second-order valence-electron chi connectivity index (χ2n) is 6.54. The molecule has 0 spiro atoms. The maximum absolute atomic E-state index is 12.6. The summed E-state index contributed by atoms with van der Waals surface area (Å²) in [5.41, 5.74) is 3.00. The molecule has 8 heteroatoms. The Kier molecular flexibility index (Phi) is 5.50. The number of aryl methyl sites for hydroxylation is 2. The molecule has 138 valence electrons. The van der Waals surface area contributed by atoms with Crippen LogP contribution in [0.4, 0.5) is 11.4 Å². The van der Waals surface area contributed by atoms with Crippen molar-refractivity contribution >= 4 is 17.3 Å². The van der Waals surface area contributed by atoms with Gasteiger partial charge in [0.1, 0.15) is 5.56 Å². The SMILES string of the molecule is Cc1[nH]ncc1CCCNc1ccc([N+](=O)[O-])c(C(=O)N2CCCC2)c1. The molecule has 1 aliphatic rings. The Morgan fingerprint density at radius 1 is 1.38 bits per heavy atom. The topological polar surface area (TPSA) is 104 Å². The molecule has 8 nitrogen and oxygen atoms in total. The predicted octanol–water partition coefficient (Wildman–Crippen LogP) is 2.91. The van der Waals surface area contributed by atoms with E-state index in [1.165, 1.54) is 11.6 Å². The van der Waals surface area contributed by atoms with Crippen molar-refractivity contribution < 1.29 is 9.72 Å². The molecule has 3 rings (SSSR count). The number of aromatic nitrogens is 2. The molecule has 0 atom stereocenters. The fourth-order valence-corrected chi connectivity index (χ4v) is 3.21. The predicted molar refractivity (Wildman–Crippen MR) is 98.4 cm³/mol. The molecule has 1 saturated heterocycles. The van der Waals surface area contributed by atoms with Gasteiger partial charge in [-0.15, -0.1) is 0 Å². The number of likely N-dealkylation sites (tertiary alicyclic amines) is 1. The Balaban J connectivity index is 1.66. The highest BCUT2D eigenvalue weighted by Gasteiger charge is 2.26. The number of anilines is 1. The van der Waals surface area contributed by atoms with Gasteiger partial charge in [0, 0.05) is 37.1 Å². The molecule has 2 heterocycles. The zero-order valence-electron chi connectivity index (χ0n) is 14.8. The molecule has 1 amide bonds. The third-order valence-corrected chi connectivity index (χ3v) is 4.70. The second-order valence-corrected chi connectivity index (χ2v) is 6.54. The van der Waals surface area contributed by atoms with Gasteiger partial charge in [-0.3, -0.25) is 20.0 Å². The summed E-state index contributed by atoms with van der Waals surface area (Å²) >= 11 is 0. The van der Waals surface area contributed by atoms with Crippen molar-refractivity contribution in [2.24, 2.45) is 0 Å². The van der Waals surface area contributed by atoms with Crippen molar-refractivity contribution in [1.82, 2.24) is 15.1 Å². The lowest BCUT2D eigenvalue weighted by Crippen LogP contribution is -2.28. The van der Waals surface area contributed by atoms with Gasteiger partial charge in [-0.2, -0.15) is 5.10 Å². The van der Waals surface area contributed by atoms with E-state index in [4.69, 9.17) is 0 Å². The van der Waals surface area contributed by atoms with Crippen LogP contribution in [0.25, 0.3) is 0 Å². The molecule has 0 bridgehead atoms. The van der Waals surface area contributed by atoms with Crippen molar-refractivity contribution in [3.8, 4) is 0 Å². The fourth-order valence-electron chi connectivity index (χ4n) is 3.21. The summed E-state index contributed by atoms with van der Waals surface area (Å²) in [6.07, 6.45) is 5.51. The second kappa shape index (κ2) is 7.99. The zero-order chi connectivity index (χ0) is 18.5. The van der Waals surface area contributed by atoms with Gasteiger partial charge in [0.05, 0.1) is 11.1 Å². The largest absolute Gasteiger partial charge is 0.385 e. The van der Waals surface area contributed by atoms with E-state index in [2.05, 4.69) is 15.5 Å². The van der Waals surface area contributed by atoms with Crippen LogP contribution >= 0.6 is 0 Å². The number of benzene rings is 1. The van der Waals surface area contributed by atoms with Gasteiger partial charge in [-0.1, -0.05) is 0 Å². The summed E-state index contributed by atoms with van der Waals surface area (Å²) in [5.74, 6) is -0.258. The van der Waals surface area contributed by atoms with Gasteiger partial charge >= 0.3 is 0 Å². The van der Waals surface area contributed by atoms with Crippen LogP contribution in [0, 0.1) is 17.0 Å². The highest BCUT2D eigenvalue weighted by atomic mass is 16.6. The molecule has 2 N–H and O–H groups in total. The first-order chi connectivity index (χ1) is 12.6. The van der Waals surface area contributed by atoms with Crippen LogP contribution in [0.2, 0.25) is 0 Å². The molecule has 1 aromatic carbocycles. The Morgan fingerprint density at radius 3 is 2.81 bits per heavy atom. The molecule has 0 radical (unpaired) electrons. The Hall–Kier alpha value is -2.90. The molecule has 1 aromatic heterocycles. The van der Waals surface area contributed by atoms with Crippen LogP contribution in [0.15, 0.2) is 24.4 Å². The molecule has 0 saturated carbocycles. The number of nitro groups is 1. The first kappa shape index (κ1) is 17.9. The summed E-state index contributed by atoms with van der Waals surface area (Å²) in [6, 6.07) is 4.66. The lowest BCUT2D eigenvalue weighted by Gasteiger charge is -2.16. The van der Waals surface area contributed by atoms with E-state index >= 15 is 0 Å². The number of carbonyl (C=O) groups excluding carboxylic acids is 1. The smallest absolute Gasteiger partial charge is 0.282 e. The van der Waals surface area contributed by atoms with E-state index in [-0.39, 0.29) is 17.2 Å². The minimum absolute atomic E-state index is 0.138. The number of nitro benzene ring substituents is 1. The Morgan fingerprint density at radius 2 is 2.15 bits per heavy atom. The lowest BCUT2D eigenvalue weighted by atomic mass is 10.1. The number of H-pyrrole nitrogens is 1. The number of amides is 1. The maximum Gasteiger partial charge on any atom is 0.282 e. The number of hydrogen-bond donors (Lipinski definition) is 2. The monoisotopic (exact) mass is 357 g/mol. The first-order valence-corrected chi connectivity index (χ1v) is 8.86. The minimum Gasteiger partial charge on any atom is -0.385 e. The van der Waals surface area contributed by atoms with Gasteiger partial charge in [-0.25, -0.2) is 0 Å². The van der Waals surface area contributed by atoms with Crippen LogP contribution in [0.1, 0.15) is 40.9 Å². The zero-order valence-corrected chi connectivity index (χ0v) is 14.8. The third kappa shape index (κ3) is 4.01. The van der Waals surface area contributed by atoms with Crippen molar-refractivity contribution in [1.29, 1.82) is 0 Å². The van der Waals surface area contributed by atoms with Crippen LogP contribution in [-0.2, 0) is 6.42 Å². The average Bonchev–Trinajstić information content (AvgIpc) is 3.30. The van der Waals surface area contributed by atoms with Gasteiger partial charge in [0.2, 0.25) is 0 Å². The quantitative estimate of drug-likeness (QED) is 0.450. The van der Waals surface area contributed by atoms with Gasteiger partial charge < -0.3 is 10.2 Å². The summed E-state index contributed by atoms with van der Waals surface area (Å²) in [5, 5.41) is 21.5. The van der Waals surface area contributed by atoms with E-state index in [9.17, 15) is 14.9 Å². The number of hydrogen-bond acceptors (Lipinski definition) is 5. The molecule has 0 unspecified atom stereocenters. The number of aromatic amines is 1. The van der Waals surface area contributed by atoms with Gasteiger partial charge in [-0.05, 0) is 50.3 Å². The van der Waals surface area contributed by atoms with Gasteiger partial charge in [0.25, 0.3) is 11.6 Å². The molecule has 0 aliphatic carbocycles. The van der Waals surface area contributed by atoms with Crippen molar-refractivity contribution in [2.45, 2.75) is 32.6 Å². The summed E-state index contributed by atoms with van der Waals surface area (Å²) in [6.45, 7) is 4.03. The molecule has 1 aliphatic heterocycles. The molecular weight excluding hydrogens is 334 g/mol. The number of carbonyl (C=O) groups is 1. The van der Waals surface area contributed by atoms with Crippen LogP contribution in [0.5, 0.6) is 0 Å². The standard InChI is InChI=1S/C18H23N5O3/c1-13-14(12-20-21-13)5-4-8-19-15-6-7-17(23(25)26)16(11-15)18(24)22-9-2-3-10-22/h6-7,11-12,19H,2-5,8-10H2,1H3,(H,20,21). The lowest BCUT2D eigenvalue weighted by molar-refractivity contribution is -0.385. The highest BCUT2D eigenvalue weighted by molar-refractivity contribution is 5.99. The van der Waals surface area contributed by atoms with E-state index < -0.39 is 4.92 Å². The van der Waals surface area contributed by atoms with E-state index in [1.807, 2.05) is 13.1 Å². The number of rotatable bonds is 7. The summed E-state index contributed by atoms with van der Waals surface area (Å²) in [7, 11) is 0. The number of nitrogens with zero attached hydrogens (tertiary/aromatic N) is 3.